The van der Waals surface area contributed by atoms with Crippen LogP contribution in [0.5, 0.6) is 0 Å². The molecule has 1 aliphatic rings. The van der Waals surface area contributed by atoms with E-state index in [0.717, 1.165) is 30.4 Å². The Hall–Kier alpha value is -0.580. The van der Waals surface area contributed by atoms with Crippen molar-refractivity contribution in [3.05, 3.63) is 28.2 Å². The first-order chi connectivity index (χ1) is 8.98. The molecule has 1 aromatic rings. The monoisotopic (exact) mass is 326 g/mol. The van der Waals surface area contributed by atoms with Gasteiger partial charge in [-0.15, -0.1) is 0 Å². The molecule has 3 nitrogen and oxygen atoms in total. The van der Waals surface area contributed by atoms with Crippen molar-refractivity contribution in [3.8, 4) is 0 Å². The lowest BCUT2D eigenvalue weighted by Crippen LogP contribution is -2.58. The van der Waals surface area contributed by atoms with Crippen molar-refractivity contribution in [2.24, 2.45) is 0 Å². The zero-order chi connectivity index (χ0) is 14.0. The third kappa shape index (κ3) is 2.96. The number of aryl methyl sites for hydroxylation is 1. The predicted octanol–water partition coefficient (Wildman–Crippen LogP) is 2.65. The molecular formula is C15H23BrN2O. The van der Waals surface area contributed by atoms with Gasteiger partial charge in [-0.25, -0.2) is 0 Å². The van der Waals surface area contributed by atoms with Crippen LogP contribution in [-0.2, 0) is 0 Å². The molecule has 1 aromatic carbocycles. The number of anilines is 1. The molecule has 4 heteroatoms. The minimum Gasteiger partial charge on any atom is -0.394 e. The van der Waals surface area contributed by atoms with Gasteiger partial charge < -0.3 is 10.0 Å². The highest BCUT2D eigenvalue weighted by Gasteiger charge is 2.37. The zero-order valence-electron chi connectivity index (χ0n) is 12.0. The van der Waals surface area contributed by atoms with Crippen LogP contribution in [0.1, 0.15) is 18.4 Å². The Bertz CT molecular complexity index is 450. The van der Waals surface area contributed by atoms with Crippen LogP contribution in [0.25, 0.3) is 0 Å². The highest BCUT2D eigenvalue weighted by molar-refractivity contribution is 9.10. The molecule has 1 unspecified atom stereocenters. The Balaban J connectivity index is 2.23. The van der Waals surface area contributed by atoms with E-state index in [1.807, 2.05) is 0 Å². The number of hydrogen-bond donors (Lipinski definition) is 1. The molecule has 1 atom stereocenters. The summed E-state index contributed by atoms with van der Waals surface area (Å²) in [6.07, 6.45) is 2.18. The van der Waals surface area contributed by atoms with Crippen LogP contribution in [-0.4, -0.2) is 49.3 Å². The molecule has 1 aliphatic heterocycles. The van der Waals surface area contributed by atoms with E-state index in [1.165, 1.54) is 11.3 Å². The van der Waals surface area contributed by atoms with E-state index in [2.05, 4.69) is 64.9 Å². The van der Waals surface area contributed by atoms with Crippen molar-refractivity contribution >= 4 is 21.6 Å². The number of hydrogen-bond acceptors (Lipinski definition) is 3. The average molecular weight is 327 g/mol. The fraction of sp³-hybridized carbons (Fsp3) is 0.600. The van der Waals surface area contributed by atoms with Crippen molar-refractivity contribution in [2.45, 2.75) is 25.3 Å². The molecule has 0 saturated carbocycles. The van der Waals surface area contributed by atoms with Gasteiger partial charge in [0.15, 0.2) is 0 Å². The number of halogens is 1. The number of benzene rings is 1. The average Bonchev–Trinajstić information content (AvgIpc) is 2.41. The summed E-state index contributed by atoms with van der Waals surface area (Å²) in [5.41, 5.74) is 2.39. The number of piperidine rings is 1. The Morgan fingerprint density at radius 1 is 1.42 bits per heavy atom. The number of nitrogens with zero attached hydrogens (tertiary/aromatic N) is 2. The molecule has 1 fully saturated rings. The number of rotatable bonds is 3. The van der Waals surface area contributed by atoms with Crippen molar-refractivity contribution in [2.75, 3.05) is 38.7 Å². The quantitative estimate of drug-likeness (QED) is 0.925. The summed E-state index contributed by atoms with van der Waals surface area (Å²) < 4.78 is 1.15. The third-order valence-electron chi connectivity index (χ3n) is 4.31. The van der Waals surface area contributed by atoms with Crippen molar-refractivity contribution in [1.82, 2.24) is 4.90 Å². The number of aliphatic hydroxyl groups excluding tert-OH is 1. The third-order valence-corrected chi connectivity index (χ3v) is 5.19. The first kappa shape index (κ1) is 14.8. The maximum Gasteiger partial charge on any atom is 0.0632 e. The highest BCUT2D eigenvalue weighted by atomic mass is 79.9. The molecule has 2 rings (SSSR count). The second kappa shape index (κ2) is 5.81. The lowest BCUT2D eigenvalue weighted by molar-refractivity contribution is 0.0547. The summed E-state index contributed by atoms with van der Waals surface area (Å²) in [4.78, 5) is 4.56. The fourth-order valence-electron chi connectivity index (χ4n) is 2.79. The van der Waals surface area contributed by atoms with E-state index in [9.17, 15) is 5.11 Å². The minimum absolute atomic E-state index is 0.112. The molecular weight excluding hydrogens is 304 g/mol. The summed E-state index contributed by atoms with van der Waals surface area (Å²) in [6, 6.07) is 6.48. The van der Waals surface area contributed by atoms with Crippen LogP contribution in [0.3, 0.4) is 0 Å². The lowest BCUT2D eigenvalue weighted by atomic mass is 9.88. The molecule has 1 saturated heterocycles. The van der Waals surface area contributed by atoms with Crippen LogP contribution >= 0.6 is 15.9 Å². The summed E-state index contributed by atoms with van der Waals surface area (Å²) in [5.74, 6) is 0. The van der Waals surface area contributed by atoms with Gasteiger partial charge in [-0.1, -0.05) is 15.9 Å². The standard InChI is InChI=1S/C15H23BrN2O/c1-12-9-13(5-6-14(12)16)18-8-4-7-15(10-18,11-19)17(2)3/h5-6,9,19H,4,7-8,10-11H2,1-3H3. The largest absolute Gasteiger partial charge is 0.394 e. The van der Waals surface area contributed by atoms with Crippen molar-refractivity contribution in [3.63, 3.8) is 0 Å². The van der Waals surface area contributed by atoms with E-state index < -0.39 is 0 Å². The first-order valence-electron chi connectivity index (χ1n) is 6.78. The highest BCUT2D eigenvalue weighted by Crippen LogP contribution is 2.30. The molecule has 0 radical (unpaired) electrons. The van der Waals surface area contributed by atoms with Gasteiger partial charge in [-0.2, -0.15) is 0 Å². The lowest BCUT2D eigenvalue weighted by Gasteiger charge is -2.47. The van der Waals surface area contributed by atoms with Crippen LogP contribution in [0.15, 0.2) is 22.7 Å². The fourth-order valence-corrected chi connectivity index (χ4v) is 3.04. The molecule has 106 valence electrons. The molecule has 19 heavy (non-hydrogen) atoms. The maximum absolute atomic E-state index is 9.80. The summed E-state index contributed by atoms with van der Waals surface area (Å²) >= 11 is 3.55. The Labute approximate surface area is 124 Å². The van der Waals surface area contributed by atoms with E-state index in [-0.39, 0.29) is 12.1 Å². The molecule has 0 spiro atoms. The van der Waals surface area contributed by atoms with Gasteiger partial charge in [0.05, 0.1) is 12.1 Å². The van der Waals surface area contributed by atoms with Gasteiger partial charge in [0.25, 0.3) is 0 Å². The Morgan fingerprint density at radius 3 is 2.74 bits per heavy atom. The first-order valence-corrected chi connectivity index (χ1v) is 7.57. The van der Waals surface area contributed by atoms with Gasteiger partial charge in [-0.3, -0.25) is 4.90 Å². The summed E-state index contributed by atoms with van der Waals surface area (Å²) in [5, 5.41) is 9.80. The summed E-state index contributed by atoms with van der Waals surface area (Å²) in [6.45, 7) is 4.28. The maximum atomic E-state index is 9.80. The van der Waals surface area contributed by atoms with Crippen LogP contribution in [0, 0.1) is 6.92 Å². The SMILES string of the molecule is Cc1cc(N2CCCC(CO)(N(C)C)C2)ccc1Br. The topological polar surface area (TPSA) is 26.7 Å². The van der Waals surface area contributed by atoms with Gasteiger partial charge in [0.1, 0.15) is 0 Å². The number of aliphatic hydroxyl groups is 1. The van der Waals surface area contributed by atoms with Crippen LogP contribution in [0.2, 0.25) is 0 Å². The smallest absolute Gasteiger partial charge is 0.0632 e. The zero-order valence-corrected chi connectivity index (χ0v) is 13.6. The van der Waals surface area contributed by atoms with Gasteiger partial charge in [0.2, 0.25) is 0 Å². The second-order valence-electron chi connectivity index (χ2n) is 5.74. The van der Waals surface area contributed by atoms with Crippen molar-refractivity contribution < 1.29 is 5.11 Å². The molecule has 0 aromatic heterocycles. The van der Waals surface area contributed by atoms with Crippen LogP contribution in [0.4, 0.5) is 5.69 Å². The Morgan fingerprint density at radius 2 is 2.16 bits per heavy atom. The van der Waals surface area contributed by atoms with Crippen LogP contribution < -0.4 is 4.90 Å². The molecule has 0 bridgehead atoms. The van der Waals surface area contributed by atoms with Crippen molar-refractivity contribution in [1.29, 1.82) is 0 Å². The van der Waals surface area contributed by atoms with Gasteiger partial charge in [-0.05, 0) is 57.6 Å². The number of likely N-dealkylation sites (N-methyl/N-ethyl adjacent to an activating group) is 1. The van der Waals surface area contributed by atoms with E-state index in [0.29, 0.717) is 0 Å². The van der Waals surface area contributed by atoms with E-state index >= 15 is 0 Å². The molecule has 0 amide bonds. The van der Waals surface area contributed by atoms with Gasteiger partial charge in [0, 0.05) is 23.2 Å². The molecule has 0 aliphatic carbocycles. The second-order valence-corrected chi connectivity index (χ2v) is 6.59. The molecule has 1 heterocycles. The van der Waals surface area contributed by atoms with E-state index in [1.54, 1.807) is 0 Å². The normalized spacial score (nSPS) is 24.0. The molecule has 1 N–H and O–H groups in total. The summed E-state index contributed by atoms with van der Waals surface area (Å²) in [7, 11) is 4.12. The van der Waals surface area contributed by atoms with E-state index in [4.69, 9.17) is 0 Å². The predicted molar refractivity (Wildman–Crippen MR) is 83.8 cm³/mol. The Kier molecular flexibility index (Phi) is 4.54. The van der Waals surface area contributed by atoms with Gasteiger partial charge >= 0.3 is 0 Å². The minimum atomic E-state index is -0.112.